The maximum Gasteiger partial charge on any atom is 0.127 e. The Kier molecular flexibility index (Phi) is 5.90. The zero-order chi connectivity index (χ0) is 22.9. The maximum atomic E-state index is 6.23. The molecule has 0 fully saturated rings. The summed E-state index contributed by atoms with van der Waals surface area (Å²) in [6, 6.07) is 25.8. The van der Waals surface area contributed by atoms with Crippen LogP contribution in [0, 0.1) is 0 Å². The molecule has 2 heteroatoms. The van der Waals surface area contributed by atoms with Crippen molar-refractivity contribution in [3.63, 3.8) is 0 Å². The molecule has 0 aliphatic rings. The lowest BCUT2D eigenvalue weighted by atomic mass is 9.95. The Labute approximate surface area is 192 Å². The predicted molar refractivity (Wildman–Crippen MR) is 136 cm³/mol. The lowest BCUT2D eigenvalue weighted by molar-refractivity contribution is 0.132. The molecule has 32 heavy (non-hydrogen) atoms. The average molecular weight is 427 g/mol. The number of benzene rings is 4. The van der Waals surface area contributed by atoms with Gasteiger partial charge in [0, 0.05) is 10.8 Å². The molecule has 166 valence electrons. The van der Waals surface area contributed by atoms with Gasteiger partial charge in [0.15, 0.2) is 0 Å². The van der Waals surface area contributed by atoms with Crippen LogP contribution in [-0.4, -0.2) is 11.2 Å². The molecule has 0 heterocycles. The molecule has 0 saturated carbocycles. The van der Waals surface area contributed by atoms with Crippen molar-refractivity contribution in [2.24, 2.45) is 0 Å². The second kappa shape index (κ2) is 8.50. The summed E-state index contributed by atoms with van der Waals surface area (Å²) in [5.41, 5.74) is 2.25. The number of aryl methyl sites for hydroxylation is 2. The van der Waals surface area contributed by atoms with E-state index in [4.69, 9.17) is 9.47 Å². The van der Waals surface area contributed by atoms with Crippen LogP contribution in [0.4, 0.5) is 0 Å². The third-order valence-corrected chi connectivity index (χ3v) is 5.44. The molecule has 0 aromatic heterocycles. The molecule has 4 aromatic rings. The van der Waals surface area contributed by atoms with Gasteiger partial charge in [-0.05, 0) is 88.4 Å². The minimum Gasteiger partial charge on any atom is -0.488 e. The number of fused-ring (bicyclic) bond motifs is 2. The van der Waals surface area contributed by atoms with Gasteiger partial charge in [-0.25, -0.2) is 0 Å². The first kappa shape index (κ1) is 22.2. The van der Waals surface area contributed by atoms with Crippen LogP contribution in [0.1, 0.15) is 52.7 Å². The number of ether oxygens (including phenoxy) is 2. The monoisotopic (exact) mass is 426 g/mol. The Morgan fingerprint density at radius 1 is 0.469 bits per heavy atom. The Hall–Kier alpha value is -3.00. The molecule has 0 radical (unpaired) electrons. The van der Waals surface area contributed by atoms with Crippen LogP contribution in [0.2, 0.25) is 0 Å². The average Bonchev–Trinajstić information content (AvgIpc) is 2.70. The lowest BCUT2D eigenvalue weighted by Gasteiger charge is -2.23. The summed E-state index contributed by atoms with van der Waals surface area (Å²) in [5, 5.41) is 4.90. The maximum absolute atomic E-state index is 6.23. The van der Waals surface area contributed by atoms with Crippen molar-refractivity contribution in [2.75, 3.05) is 0 Å². The summed E-state index contributed by atoms with van der Waals surface area (Å²) in [7, 11) is 0. The van der Waals surface area contributed by atoms with Crippen LogP contribution in [0.5, 0.6) is 11.5 Å². The SMILES string of the molecule is CC(C)(C)Oc1cccc2c(CCc3cccc4c(OC(C)(C)C)cccc34)cccc12. The van der Waals surface area contributed by atoms with Crippen molar-refractivity contribution in [3.05, 3.63) is 83.9 Å². The Morgan fingerprint density at radius 2 is 0.812 bits per heavy atom. The lowest BCUT2D eigenvalue weighted by Crippen LogP contribution is -2.23. The van der Waals surface area contributed by atoms with Crippen molar-refractivity contribution in [3.8, 4) is 11.5 Å². The van der Waals surface area contributed by atoms with Gasteiger partial charge in [0.2, 0.25) is 0 Å². The molecule has 0 unspecified atom stereocenters. The largest absolute Gasteiger partial charge is 0.488 e. The van der Waals surface area contributed by atoms with E-state index in [1.165, 1.54) is 32.7 Å². The zero-order valence-corrected chi connectivity index (χ0v) is 20.2. The Bertz CT molecular complexity index is 1140. The van der Waals surface area contributed by atoms with E-state index in [1.54, 1.807) is 0 Å². The standard InChI is InChI=1S/C30H34O2/c1-29(2,3)31-27-17-9-13-23-21(11-7-15-25(23)27)19-20-22-12-8-16-26-24(22)14-10-18-28(26)32-30(4,5)6/h7-18H,19-20H2,1-6H3. The normalized spacial score (nSPS) is 12.3. The molecule has 0 amide bonds. The summed E-state index contributed by atoms with van der Waals surface area (Å²) in [6.45, 7) is 12.5. The van der Waals surface area contributed by atoms with Gasteiger partial charge in [-0.2, -0.15) is 0 Å². The van der Waals surface area contributed by atoms with Gasteiger partial charge >= 0.3 is 0 Å². The fraction of sp³-hybridized carbons (Fsp3) is 0.333. The van der Waals surface area contributed by atoms with Gasteiger partial charge in [0.25, 0.3) is 0 Å². The Morgan fingerprint density at radius 3 is 1.19 bits per heavy atom. The van der Waals surface area contributed by atoms with Crippen molar-refractivity contribution in [1.82, 2.24) is 0 Å². The summed E-state index contributed by atoms with van der Waals surface area (Å²) in [4.78, 5) is 0. The molecule has 0 saturated heterocycles. The van der Waals surface area contributed by atoms with Crippen molar-refractivity contribution < 1.29 is 9.47 Å². The number of hydrogen-bond acceptors (Lipinski definition) is 2. The summed E-state index contributed by atoms with van der Waals surface area (Å²) in [6.07, 6.45) is 1.94. The Balaban J connectivity index is 1.66. The van der Waals surface area contributed by atoms with E-state index in [0.717, 1.165) is 24.3 Å². The summed E-state index contributed by atoms with van der Waals surface area (Å²) in [5.74, 6) is 1.90. The number of hydrogen-bond donors (Lipinski definition) is 0. The molecule has 0 aliphatic carbocycles. The first-order valence-corrected chi connectivity index (χ1v) is 11.5. The molecule has 4 aromatic carbocycles. The van der Waals surface area contributed by atoms with Crippen LogP contribution >= 0.6 is 0 Å². The van der Waals surface area contributed by atoms with Gasteiger partial charge in [-0.15, -0.1) is 0 Å². The van der Waals surface area contributed by atoms with Crippen LogP contribution in [0.3, 0.4) is 0 Å². The van der Waals surface area contributed by atoms with E-state index >= 15 is 0 Å². The fourth-order valence-corrected chi connectivity index (χ4v) is 4.24. The van der Waals surface area contributed by atoms with Crippen molar-refractivity contribution in [2.45, 2.75) is 65.6 Å². The van der Waals surface area contributed by atoms with E-state index in [0.29, 0.717) is 0 Å². The predicted octanol–water partition coefficient (Wildman–Crippen LogP) is 8.13. The molecular formula is C30H34O2. The fourth-order valence-electron chi connectivity index (χ4n) is 4.24. The smallest absolute Gasteiger partial charge is 0.127 e. The van der Waals surface area contributed by atoms with Crippen LogP contribution in [0.15, 0.2) is 72.8 Å². The second-order valence-electron chi connectivity index (χ2n) is 10.5. The molecule has 0 spiro atoms. The van der Waals surface area contributed by atoms with Crippen molar-refractivity contribution >= 4 is 21.5 Å². The molecule has 0 bridgehead atoms. The highest BCUT2D eigenvalue weighted by atomic mass is 16.5. The second-order valence-corrected chi connectivity index (χ2v) is 10.5. The minimum atomic E-state index is -0.222. The van der Waals surface area contributed by atoms with E-state index in [2.05, 4.69) is 114 Å². The first-order valence-electron chi connectivity index (χ1n) is 11.5. The van der Waals surface area contributed by atoms with Crippen molar-refractivity contribution in [1.29, 1.82) is 0 Å². The third-order valence-electron chi connectivity index (χ3n) is 5.44. The van der Waals surface area contributed by atoms with E-state index in [-0.39, 0.29) is 11.2 Å². The molecule has 0 aliphatic heterocycles. The summed E-state index contributed by atoms with van der Waals surface area (Å²) < 4.78 is 12.5. The molecule has 2 nitrogen and oxygen atoms in total. The highest BCUT2D eigenvalue weighted by molar-refractivity contribution is 5.92. The van der Waals surface area contributed by atoms with Gasteiger partial charge in [-0.3, -0.25) is 0 Å². The molecule has 4 rings (SSSR count). The quantitative estimate of drug-likeness (QED) is 0.321. The highest BCUT2D eigenvalue weighted by Crippen LogP contribution is 2.33. The topological polar surface area (TPSA) is 18.5 Å². The van der Waals surface area contributed by atoms with E-state index in [9.17, 15) is 0 Å². The van der Waals surface area contributed by atoms with Crippen LogP contribution in [0.25, 0.3) is 21.5 Å². The minimum absolute atomic E-state index is 0.222. The molecule has 0 N–H and O–H groups in total. The first-order chi connectivity index (χ1) is 15.1. The van der Waals surface area contributed by atoms with Gasteiger partial charge < -0.3 is 9.47 Å². The summed E-state index contributed by atoms with van der Waals surface area (Å²) >= 11 is 0. The zero-order valence-electron chi connectivity index (χ0n) is 20.2. The van der Waals surface area contributed by atoms with Gasteiger partial charge in [-0.1, -0.05) is 60.7 Å². The third kappa shape index (κ3) is 5.07. The van der Waals surface area contributed by atoms with Crippen LogP contribution < -0.4 is 9.47 Å². The molecular weight excluding hydrogens is 392 g/mol. The highest BCUT2D eigenvalue weighted by Gasteiger charge is 2.16. The van der Waals surface area contributed by atoms with E-state index < -0.39 is 0 Å². The van der Waals surface area contributed by atoms with Crippen LogP contribution in [-0.2, 0) is 12.8 Å². The van der Waals surface area contributed by atoms with E-state index in [1.807, 2.05) is 0 Å². The molecule has 0 atom stereocenters. The van der Waals surface area contributed by atoms with Gasteiger partial charge in [0.1, 0.15) is 22.7 Å². The van der Waals surface area contributed by atoms with Gasteiger partial charge in [0.05, 0.1) is 0 Å². The number of rotatable bonds is 5.